The molecule has 1 rings (SSSR count). The highest BCUT2D eigenvalue weighted by Gasteiger charge is 2.14. The van der Waals surface area contributed by atoms with E-state index in [4.69, 9.17) is 9.84 Å². The van der Waals surface area contributed by atoms with E-state index >= 15 is 0 Å². The Kier molecular flexibility index (Phi) is 6.52. The first kappa shape index (κ1) is 16.0. The smallest absolute Gasteiger partial charge is 0.321 e. The molecule has 0 aromatic heterocycles. The standard InChI is InChI=1S/C14H20N2O4/c1-3-16(9-8-13(17)18)14(19)15-12-7-5-4-6-11(12)10-20-2/h4-7H,3,8-10H2,1-2H3,(H,15,19)(H,17,18). The van der Waals surface area contributed by atoms with Crippen LogP contribution < -0.4 is 5.32 Å². The van der Waals surface area contributed by atoms with Crippen LogP contribution in [0.3, 0.4) is 0 Å². The Hall–Kier alpha value is -2.08. The molecule has 0 aliphatic heterocycles. The maximum absolute atomic E-state index is 12.1. The molecular weight excluding hydrogens is 260 g/mol. The number of urea groups is 1. The number of rotatable bonds is 7. The Morgan fingerprint density at radius 1 is 1.35 bits per heavy atom. The third kappa shape index (κ3) is 4.89. The first-order chi connectivity index (χ1) is 9.58. The third-order valence-electron chi connectivity index (χ3n) is 2.82. The number of para-hydroxylation sites is 1. The monoisotopic (exact) mass is 280 g/mol. The lowest BCUT2D eigenvalue weighted by Gasteiger charge is -2.21. The van der Waals surface area contributed by atoms with E-state index in [2.05, 4.69) is 5.32 Å². The summed E-state index contributed by atoms with van der Waals surface area (Å²) in [7, 11) is 1.59. The number of carbonyl (C=O) groups is 2. The van der Waals surface area contributed by atoms with E-state index in [0.717, 1.165) is 5.56 Å². The SMILES string of the molecule is CCN(CCC(=O)O)C(=O)Nc1ccccc1COC. The number of nitrogens with one attached hydrogen (secondary N) is 1. The Morgan fingerprint density at radius 2 is 2.05 bits per heavy atom. The molecule has 0 saturated heterocycles. The van der Waals surface area contributed by atoms with Crippen LogP contribution in [0.1, 0.15) is 18.9 Å². The van der Waals surface area contributed by atoms with E-state index in [0.29, 0.717) is 18.8 Å². The second-order valence-electron chi connectivity index (χ2n) is 4.24. The molecule has 6 heteroatoms. The maximum atomic E-state index is 12.1. The number of ether oxygens (including phenoxy) is 1. The molecule has 0 aliphatic carbocycles. The number of hydrogen-bond acceptors (Lipinski definition) is 3. The van der Waals surface area contributed by atoms with Crippen molar-refractivity contribution in [3.63, 3.8) is 0 Å². The highest BCUT2D eigenvalue weighted by molar-refractivity contribution is 5.90. The molecule has 0 fully saturated rings. The molecule has 0 unspecified atom stereocenters. The van der Waals surface area contributed by atoms with Crippen LogP contribution in [-0.2, 0) is 16.1 Å². The first-order valence-electron chi connectivity index (χ1n) is 6.43. The minimum absolute atomic E-state index is 0.0685. The van der Waals surface area contributed by atoms with Crippen molar-refractivity contribution in [3.8, 4) is 0 Å². The van der Waals surface area contributed by atoms with Gasteiger partial charge in [0.15, 0.2) is 0 Å². The van der Waals surface area contributed by atoms with Gasteiger partial charge in [-0.15, -0.1) is 0 Å². The molecule has 1 aromatic rings. The van der Waals surface area contributed by atoms with Gasteiger partial charge in [-0.25, -0.2) is 4.79 Å². The number of carboxylic acids is 1. The highest BCUT2D eigenvalue weighted by atomic mass is 16.5. The molecule has 20 heavy (non-hydrogen) atoms. The van der Waals surface area contributed by atoms with Gasteiger partial charge < -0.3 is 20.1 Å². The van der Waals surface area contributed by atoms with Gasteiger partial charge in [0, 0.05) is 31.5 Å². The number of carboxylic acid groups (broad SMARTS) is 1. The summed E-state index contributed by atoms with van der Waals surface area (Å²) in [5.41, 5.74) is 1.55. The average Bonchev–Trinajstić information content (AvgIpc) is 2.41. The summed E-state index contributed by atoms with van der Waals surface area (Å²) in [4.78, 5) is 24.1. The predicted molar refractivity (Wildman–Crippen MR) is 75.7 cm³/mol. The summed E-state index contributed by atoms with van der Waals surface area (Å²) in [6.07, 6.45) is -0.0685. The molecule has 2 amide bonds. The highest BCUT2D eigenvalue weighted by Crippen LogP contribution is 2.16. The topological polar surface area (TPSA) is 78.9 Å². The van der Waals surface area contributed by atoms with E-state index in [-0.39, 0.29) is 19.0 Å². The largest absolute Gasteiger partial charge is 0.481 e. The Balaban J connectivity index is 2.70. The molecule has 0 bridgehead atoms. The molecular formula is C14H20N2O4. The second kappa shape index (κ2) is 8.16. The van der Waals surface area contributed by atoms with Gasteiger partial charge in [0.25, 0.3) is 0 Å². The zero-order valence-corrected chi connectivity index (χ0v) is 11.8. The lowest BCUT2D eigenvalue weighted by molar-refractivity contribution is -0.137. The summed E-state index contributed by atoms with van der Waals surface area (Å²) in [6, 6.07) is 7.04. The fourth-order valence-corrected chi connectivity index (χ4v) is 1.75. The van der Waals surface area contributed by atoms with E-state index in [1.807, 2.05) is 25.1 Å². The van der Waals surface area contributed by atoms with Gasteiger partial charge in [-0.2, -0.15) is 0 Å². The van der Waals surface area contributed by atoms with Gasteiger partial charge in [0.05, 0.1) is 13.0 Å². The Labute approximate surface area is 118 Å². The van der Waals surface area contributed by atoms with Gasteiger partial charge in [-0.1, -0.05) is 18.2 Å². The average molecular weight is 280 g/mol. The lowest BCUT2D eigenvalue weighted by atomic mass is 10.2. The third-order valence-corrected chi connectivity index (χ3v) is 2.82. The summed E-state index contributed by atoms with van der Waals surface area (Å²) >= 11 is 0. The molecule has 0 spiro atoms. The van der Waals surface area contributed by atoms with Crippen molar-refractivity contribution < 1.29 is 19.4 Å². The Morgan fingerprint density at radius 3 is 2.65 bits per heavy atom. The van der Waals surface area contributed by atoms with Gasteiger partial charge in [0.2, 0.25) is 0 Å². The van der Waals surface area contributed by atoms with Gasteiger partial charge in [-0.3, -0.25) is 4.79 Å². The van der Waals surface area contributed by atoms with Crippen molar-refractivity contribution in [1.29, 1.82) is 0 Å². The molecule has 0 aliphatic rings. The van der Waals surface area contributed by atoms with E-state index in [9.17, 15) is 9.59 Å². The minimum atomic E-state index is -0.920. The number of anilines is 1. The van der Waals surface area contributed by atoms with Crippen LogP contribution in [0.25, 0.3) is 0 Å². The Bertz CT molecular complexity index is 462. The van der Waals surface area contributed by atoms with E-state index < -0.39 is 5.97 Å². The van der Waals surface area contributed by atoms with E-state index in [1.165, 1.54) is 4.90 Å². The molecule has 2 N–H and O–H groups in total. The summed E-state index contributed by atoms with van der Waals surface area (Å²) < 4.78 is 5.07. The molecule has 110 valence electrons. The van der Waals surface area contributed by atoms with Crippen LogP contribution in [0, 0.1) is 0 Å². The number of carbonyl (C=O) groups excluding carboxylic acids is 1. The van der Waals surface area contributed by atoms with Crippen LogP contribution in [0.5, 0.6) is 0 Å². The molecule has 0 heterocycles. The molecule has 6 nitrogen and oxygen atoms in total. The van der Waals surface area contributed by atoms with Crippen molar-refractivity contribution >= 4 is 17.7 Å². The van der Waals surface area contributed by atoms with Crippen LogP contribution in [0.15, 0.2) is 24.3 Å². The van der Waals surface area contributed by atoms with Crippen LogP contribution >= 0.6 is 0 Å². The van der Waals surface area contributed by atoms with Crippen LogP contribution in [-0.4, -0.2) is 42.2 Å². The fraction of sp³-hybridized carbons (Fsp3) is 0.429. The van der Waals surface area contributed by atoms with Crippen LogP contribution in [0.2, 0.25) is 0 Å². The number of nitrogens with zero attached hydrogens (tertiary/aromatic N) is 1. The summed E-state index contributed by atoms with van der Waals surface area (Å²) in [5.74, 6) is -0.920. The number of hydrogen-bond donors (Lipinski definition) is 2. The summed E-state index contributed by atoms with van der Waals surface area (Å²) in [5, 5.41) is 11.5. The number of methoxy groups -OCH3 is 1. The number of aliphatic carboxylic acids is 1. The van der Waals surface area contributed by atoms with Gasteiger partial charge in [-0.05, 0) is 13.0 Å². The van der Waals surface area contributed by atoms with Crippen molar-refractivity contribution in [2.24, 2.45) is 0 Å². The zero-order valence-electron chi connectivity index (χ0n) is 11.8. The van der Waals surface area contributed by atoms with Gasteiger partial charge >= 0.3 is 12.0 Å². The molecule has 0 atom stereocenters. The lowest BCUT2D eigenvalue weighted by Crippen LogP contribution is -2.36. The van der Waals surface area contributed by atoms with Crippen molar-refractivity contribution in [2.75, 3.05) is 25.5 Å². The normalized spacial score (nSPS) is 10.1. The van der Waals surface area contributed by atoms with Crippen molar-refractivity contribution in [3.05, 3.63) is 29.8 Å². The maximum Gasteiger partial charge on any atom is 0.321 e. The molecule has 0 saturated carbocycles. The van der Waals surface area contributed by atoms with Crippen molar-refractivity contribution in [2.45, 2.75) is 20.0 Å². The number of benzene rings is 1. The van der Waals surface area contributed by atoms with E-state index in [1.54, 1.807) is 13.2 Å². The van der Waals surface area contributed by atoms with Crippen molar-refractivity contribution in [1.82, 2.24) is 4.90 Å². The quantitative estimate of drug-likeness (QED) is 0.802. The first-order valence-corrected chi connectivity index (χ1v) is 6.43. The number of amides is 2. The minimum Gasteiger partial charge on any atom is -0.481 e. The zero-order chi connectivity index (χ0) is 15.0. The molecule has 1 aromatic carbocycles. The molecule has 0 radical (unpaired) electrons. The predicted octanol–water partition coefficient (Wildman–Crippen LogP) is 2.16. The second-order valence-corrected chi connectivity index (χ2v) is 4.24. The van der Waals surface area contributed by atoms with Crippen LogP contribution in [0.4, 0.5) is 10.5 Å². The fourth-order valence-electron chi connectivity index (χ4n) is 1.75. The summed E-state index contributed by atoms with van der Waals surface area (Å²) in [6.45, 7) is 2.84. The van der Waals surface area contributed by atoms with Gasteiger partial charge in [0.1, 0.15) is 0 Å².